The average Bonchev–Trinajstić information content (AvgIpc) is 3.30. The van der Waals surface area contributed by atoms with Gasteiger partial charge in [-0.15, -0.1) is 10.2 Å². The molecule has 2 atom stereocenters. The van der Waals surface area contributed by atoms with Crippen molar-refractivity contribution in [3.05, 3.63) is 47.8 Å². The van der Waals surface area contributed by atoms with Gasteiger partial charge in [-0.25, -0.2) is 9.82 Å². The molecule has 2 unspecified atom stereocenters. The van der Waals surface area contributed by atoms with E-state index in [1.54, 1.807) is 12.4 Å². The van der Waals surface area contributed by atoms with Crippen LogP contribution in [0.4, 0.5) is 4.39 Å². The van der Waals surface area contributed by atoms with Crippen LogP contribution in [0.25, 0.3) is 0 Å². The van der Waals surface area contributed by atoms with Gasteiger partial charge in [-0.1, -0.05) is 12.1 Å². The highest BCUT2D eigenvalue weighted by Crippen LogP contribution is 2.31. The minimum atomic E-state index is -0.285. The molecule has 3 heterocycles. The Hall–Kier alpha value is -2.32. The number of aryl methyl sites for hydroxylation is 1. The number of carbonyl (C=O) groups is 1. The normalized spacial score (nSPS) is 24.2. The van der Waals surface area contributed by atoms with Crippen LogP contribution in [0.15, 0.2) is 30.6 Å². The summed E-state index contributed by atoms with van der Waals surface area (Å²) >= 11 is 0. The predicted molar refractivity (Wildman–Crippen MR) is 93.3 cm³/mol. The second-order valence-corrected chi connectivity index (χ2v) is 7.06. The number of carbonyl (C=O) groups excluding carboxylic acids is 1. The van der Waals surface area contributed by atoms with Crippen LogP contribution in [0.2, 0.25) is 0 Å². The van der Waals surface area contributed by atoms with E-state index in [4.69, 9.17) is 0 Å². The summed E-state index contributed by atoms with van der Waals surface area (Å²) in [4.78, 5) is 15.0. The molecule has 4 rings (SSSR count). The van der Waals surface area contributed by atoms with Gasteiger partial charge in [0.1, 0.15) is 18.0 Å². The number of amides is 1. The summed E-state index contributed by atoms with van der Waals surface area (Å²) in [5, 5.41) is 8.15. The first-order chi connectivity index (χ1) is 12.6. The molecule has 138 valence electrons. The maximum atomic E-state index is 13.6. The van der Waals surface area contributed by atoms with Gasteiger partial charge in [-0.05, 0) is 30.5 Å². The third-order valence-electron chi connectivity index (χ3n) is 5.43. The molecule has 0 saturated carbocycles. The molecule has 0 bridgehead atoms. The van der Waals surface area contributed by atoms with Gasteiger partial charge in [0.15, 0.2) is 0 Å². The predicted octanol–water partition coefficient (Wildman–Crippen LogP) is 1.13. The van der Waals surface area contributed by atoms with Crippen molar-refractivity contribution >= 4 is 5.91 Å². The molecule has 2 aliphatic rings. The minimum absolute atomic E-state index is 0.119. The first-order valence-electron chi connectivity index (χ1n) is 9.00. The number of hydrazine groups is 1. The number of nitrogens with zero attached hydrogens (tertiary/aromatic N) is 4. The summed E-state index contributed by atoms with van der Waals surface area (Å²) in [7, 11) is 1.95. The average molecular weight is 358 g/mol. The number of rotatable bonds is 3. The quantitative estimate of drug-likeness (QED) is 0.860. The van der Waals surface area contributed by atoms with E-state index in [0.717, 1.165) is 24.2 Å². The number of benzene rings is 1. The standard InChI is InChI=1S/C18H23FN6O/c1-24-11-21-23-17(24)12-5-7-25(8-6-12)18(26)15-10-20-22-16(15)13-3-2-4-14(19)9-13/h2-4,9,11-12,15-16,20,22H,5-8,10H2,1H3. The van der Waals surface area contributed by atoms with Crippen molar-refractivity contribution in [1.29, 1.82) is 0 Å². The Kier molecular flexibility index (Phi) is 4.69. The Balaban J connectivity index is 1.42. The smallest absolute Gasteiger partial charge is 0.229 e. The first-order valence-corrected chi connectivity index (χ1v) is 9.00. The minimum Gasteiger partial charge on any atom is -0.342 e. The molecule has 1 aromatic heterocycles. The van der Waals surface area contributed by atoms with Crippen molar-refractivity contribution in [2.75, 3.05) is 19.6 Å². The topological polar surface area (TPSA) is 75.1 Å². The molecule has 2 N–H and O–H groups in total. The molecule has 0 spiro atoms. The van der Waals surface area contributed by atoms with Crippen molar-refractivity contribution in [2.24, 2.45) is 13.0 Å². The van der Waals surface area contributed by atoms with Gasteiger partial charge in [0, 0.05) is 32.6 Å². The van der Waals surface area contributed by atoms with Crippen molar-refractivity contribution in [2.45, 2.75) is 24.8 Å². The summed E-state index contributed by atoms with van der Waals surface area (Å²) in [6.07, 6.45) is 3.49. The Morgan fingerprint density at radius 3 is 2.81 bits per heavy atom. The fourth-order valence-corrected chi connectivity index (χ4v) is 4.00. The summed E-state index contributed by atoms with van der Waals surface area (Å²) in [6.45, 7) is 1.97. The molecule has 8 heteroatoms. The zero-order valence-electron chi connectivity index (χ0n) is 14.7. The molecule has 1 aromatic carbocycles. The number of hydrogen-bond acceptors (Lipinski definition) is 5. The molecule has 0 radical (unpaired) electrons. The second-order valence-electron chi connectivity index (χ2n) is 7.06. The van der Waals surface area contributed by atoms with Gasteiger partial charge in [0.05, 0.1) is 12.0 Å². The fourth-order valence-electron chi connectivity index (χ4n) is 4.00. The Labute approximate surface area is 151 Å². The lowest BCUT2D eigenvalue weighted by molar-refractivity contribution is -0.136. The van der Waals surface area contributed by atoms with Gasteiger partial charge < -0.3 is 9.47 Å². The third kappa shape index (κ3) is 3.22. The molecule has 7 nitrogen and oxygen atoms in total. The summed E-state index contributed by atoms with van der Waals surface area (Å²) in [5.74, 6) is 0.924. The number of hydrogen-bond donors (Lipinski definition) is 2. The van der Waals surface area contributed by atoms with E-state index in [0.29, 0.717) is 25.6 Å². The van der Waals surface area contributed by atoms with E-state index in [9.17, 15) is 9.18 Å². The molecule has 2 aliphatic heterocycles. The monoisotopic (exact) mass is 358 g/mol. The lowest BCUT2D eigenvalue weighted by atomic mass is 9.91. The van der Waals surface area contributed by atoms with Crippen molar-refractivity contribution in [3.63, 3.8) is 0 Å². The van der Waals surface area contributed by atoms with Crippen LogP contribution < -0.4 is 10.9 Å². The highest BCUT2D eigenvalue weighted by atomic mass is 19.1. The maximum Gasteiger partial charge on any atom is 0.229 e. The first kappa shape index (κ1) is 17.1. The molecule has 2 saturated heterocycles. The molecule has 2 aromatic rings. The molecular weight excluding hydrogens is 335 g/mol. The van der Waals surface area contributed by atoms with Crippen molar-refractivity contribution < 1.29 is 9.18 Å². The van der Waals surface area contributed by atoms with Crippen LogP contribution in [0, 0.1) is 11.7 Å². The highest BCUT2D eigenvalue weighted by molar-refractivity contribution is 5.80. The zero-order valence-corrected chi connectivity index (χ0v) is 14.7. The largest absolute Gasteiger partial charge is 0.342 e. The van der Waals surface area contributed by atoms with E-state index in [1.807, 2.05) is 22.6 Å². The van der Waals surface area contributed by atoms with Crippen LogP contribution in [0.5, 0.6) is 0 Å². The Morgan fingerprint density at radius 2 is 2.12 bits per heavy atom. The summed E-state index contributed by atoms with van der Waals surface area (Å²) < 4.78 is 15.5. The van der Waals surface area contributed by atoms with Crippen LogP contribution in [0.1, 0.15) is 36.2 Å². The van der Waals surface area contributed by atoms with Crippen LogP contribution in [-0.4, -0.2) is 45.2 Å². The Bertz CT molecular complexity index is 785. The van der Waals surface area contributed by atoms with E-state index in [-0.39, 0.29) is 23.7 Å². The summed E-state index contributed by atoms with van der Waals surface area (Å²) in [6, 6.07) is 6.23. The van der Waals surface area contributed by atoms with Crippen LogP contribution >= 0.6 is 0 Å². The molecule has 26 heavy (non-hydrogen) atoms. The number of nitrogens with one attached hydrogen (secondary N) is 2. The number of piperidine rings is 1. The third-order valence-corrected chi connectivity index (χ3v) is 5.43. The van der Waals surface area contributed by atoms with E-state index in [1.165, 1.54) is 12.1 Å². The fraction of sp³-hybridized carbons (Fsp3) is 0.500. The van der Waals surface area contributed by atoms with E-state index >= 15 is 0 Å². The molecule has 0 aliphatic carbocycles. The van der Waals surface area contributed by atoms with Gasteiger partial charge in [-0.3, -0.25) is 10.2 Å². The van der Waals surface area contributed by atoms with Gasteiger partial charge in [0.2, 0.25) is 5.91 Å². The lowest BCUT2D eigenvalue weighted by Gasteiger charge is -2.34. The number of likely N-dealkylation sites (tertiary alicyclic amines) is 1. The zero-order chi connectivity index (χ0) is 18.1. The second kappa shape index (κ2) is 7.13. The number of aromatic nitrogens is 3. The Morgan fingerprint density at radius 1 is 1.31 bits per heavy atom. The van der Waals surface area contributed by atoms with Crippen molar-refractivity contribution in [3.8, 4) is 0 Å². The van der Waals surface area contributed by atoms with Gasteiger partial charge >= 0.3 is 0 Å². The van der Waals surface area contributed by atoms with Crippen LogP contribution in [0.3, 0.4) is 0 Å². The summed E-state index contributed by atoms with van der Waals surface area (Å²) in [5.41, 5.74) is 6.97. The molecule has 1 amide bonds. The van der Waals surface area contributed by atoms with E-state index < -0.39 is 0 Å². The lowest BCUT2D eigenvalue weighted by Crippen LogP contribution is -2.43. The maximum absolute atomic E-state index is 13.6. The van der Waals surface area contributed by atoms with E-state index in [2.05, 4.69) is 21.0 Å². The highest BCUT2D eigenvalue weighted by Gasteiger charge is 2.38. The SMILES string of the molecule is Cn1cnnc1C1CCN(C(=O)C2CNNC2c2cccc(F)c2)CC1. The van der Waals surface area contributed by atoms with Gasteiger partial charge in [0.25, 0.3) is 0 Å². The number of halogens is 1. The van der Waals surface area contributed by atoms with Crippen molar-refractivity contribution in [1.82, 2.24) is 30.5 Å². The van der Waals surface area contributed by atoms with Crippen LogP contribution in [-0.2, 0) is 11.8 Å². The molecule has 2 fully saturated rings. The molecular formula is C18H23FN6O. The van der Waals surface area contributed by atoms with Gasteiger partial charge in [-0.2, -0.15) is 0 Å².